The summed E-state index contributed by atoms with van der Waals surface area (Å²) in [5, 5.41) is 16.8. The molecule has 0 amide bonds. The molecule has 0 aliphatic heterocycles. The van der Waals surface area contributed by atoms with E-state index in [1.807, 2.05) is 0 Å². The van der Waals surface area contributed by atoms with Crippen molar-refractivity contribution in [3.05, 3.63) is 12.7 Å². The van der Waals surface area contributed by atoms with Crippen molar-refractivity contribution in [2.24, 2.45) is 0 Å². The molecule has 2 unspecified atom stereocenters. The van der Waals surface area contributed by atoms with Crippen LogP contribution in [0.4, 0.5) is 26.3 Å². The van der Waals surface area contributed by atoms with Crippen LogP contribution < -0.4 is 0 Å². The molecule has 0 heterocycles. The molecule has 8 heteroatoms. The molecule has 0 saturated carbocycles. The molecular weight excluding hydrogens is 218 g/mol. The van der Waals surface area contributed by atoms with Crippen LogP contribution in [0, 0.1) is 0 Å². The van der Waals surface area contributed by atoms with Crippen LogP contribution in [-0.2, 0) is 0 Å². The van der Waals surface area contributed by atoms with Crippen molar-refractivity contribution in [3.8, 4) is 0 Å². The van der Waals surface area contributed by atoms with E-state index < -0.39 is 30.1 Å². The third-order valence-corrected chi connectivity index (χ3v) is 1.49. The summed E-state index contributed by atoms with van der Waals surface area (Å²) in [5.41, 5.74) is -4.38. The minimum atomic E-state index is -5.65. The van der Waals surface area contributed by atoms with E-state index >= 15 is 0 Å². The van der Waals surface area contributed by atoms with Crippen LogP contribution in [0.3, 0.4) is 0 Å². The Morgan fingerprint density at radius 1 is 1.07 bits per heavy atom. The van der Waals surface area contributed by atoms with Crippen molar-refractivity contribution in [1.29, 1.82) is 0 Å². The first-order valence-electron chi connectivity index (χ1n) is 3.14. The van der Waals surface area contributed by atoms with Gasteiger partial charge in [-0.15, -0.1) is 0 Å². The monoisotopic (exact) mass is 224 g/mol. The van der Waals surface area contributed by atoms with Gasteiger partial charge in [0.2, 0.25) is 5.60 Å². The fourth-order valence-corrected chi connectivity index (χ4v) is 0.632. The summed E-state index contributed by atoms with van der Waals surface area (Å²) in [6, 6.07) is 0. The average molecular weight is 224 g/mol. The molecule has 0 radical (unpaired) electrons. The van der Waals surface area contributed by atoms with Gasteiger partial charge in [0, 0.05) is 0 Å². The fraction of sp³-hybridized carbons (Fsp3) is 0.667. The van der Waals surface area contributed by atoms with Crippen LogP contribution in [-0.4, -0.2) is 34.3 Å². The standard InChI is InChI=1S/C6H6F6O2/c1-2-4(14,6(10,11)12)3(13)5(7,8)9/h2-3,13-14H,1H2. The zero-order chi connectivity index (χ0) is 11.8. The summed E-state index contributed by atoms with van der Waals surface area (Å²) in [7, 11) is 0. The van der Waals surface area contributed by atoms with Gasteiger partial charge in [0.25, 0.3) is 0 Å². The van der Waals surface area contributed by atoms with Crippen molar-refractivity contribution >= 4 is 0 Å². The Balaban J connectivity index is 5.17. The van der Waals surface area contributed by atoms with E-state index in [2.05, 4.69) is 6.58 Å². The number of rotatable bonds is 2. The number of alkyl halides is 6. The van der Waals surface area contributed by atoms with Crippen LogP contribution in [0.1, 0.15) is 0 Å². The van der Waals surface area contributed by atoms with Gasteiger partial charge in [0.05, 0.1) is 0 Å². The summed E-state index contributed by atoms with van der Waals surface area (Å²) in [6.45, 7) is 2.40. The summed E-state index contributed by atoms with van der Waals surface area (Å²) < 4.78 is 70.8. The highest BCUT2D eigenvalue weighted by atomic mass is 19.4. The number of hydrogen-bond donors (Lipinski definition) is 2. The van der Waals surface area contributed by atoms with E-state index in [-0.39, 0.29) is 0 Å². The fourth-order valence-electron chi connectivity index (χ4n) is 0.632. The first-order chi connectivity index (χ1) is 5.97. The molecule has 84 valence electrons. The van der Waals surface area contributed by atoms with Gasteiger partial charge < -0.3 is 10.2 Å². The van der Waals surface area contributed by atoms with Gasteiger partial charge in [-0.3, -0.25) is 0 Å². The molecule has 0 bridgehead atoms. The number of aliphatic hydroxyl groups excluding tert-OH is 1. The van der Waals surface area contributed by atoms with E-state index in [4.69, 9.17) is 10.2 Å². The third-order valence-electron chi connectivity index (χ3n) is 1.49. The summed E-state index contributed by atoms with van der Waals surface area (Å²) in [5.74, 6) is 0. The molecule has 0 aromatic heterocycles. The molecular formula is C6H6F6O2. The summed E-state index contributed by atoms with van der Waals surface area (Å²) in [6.07, 6.45) is -15.6. The molecule has 0 aliphatic carbocycles. The molecule has 0 fully saturated rings. The molecule has 2 N–H and O–H groups in total. The minimum absolute atomic E-state index is 0.398. The first kappa shape index (κ1) is 13.2. The highest BCUT2D eigenvalue weighted by Crippen LogP contribution is 2.39. The Bertz CT molecular complexity index is 219. The molecule has 0 spiro atoms. The molecule has 2 nitrogen and oxygen atoms in total. The quantitative estimate of drug-likeness (QED) is 0.549. The van der Waals surface area contributed by atoms with E-state index in [0.29, 0.717) is 0 Å². The maximum atomic E-state index is 11.9. The molecule has 14 heavy (non-hydrogen) atoms. The first-order valence-corrected chi connectivity index (χ1v) is 3.14. The normalized spacial score (nSPS) is 20.0. The third kappa shape index (κ3) is 2.18. The van der Waals surface area contributed by atoms with Crippen molar-refractivity contribution in [3.63, 3.8) is 0 Å². The van der Waals surface area contributed by atoms with Gasteiger partial charge in [-0.2, -0.15) is 26.3 Å². The predicted molar refractivity (Wildman–Crippen MR) is 33.3 cm³/mol. The maximum absolute atomic E-state index is 11.9. The van der Waals surface area contributed by atoms with Crippen LogP contribution in [0.15, 0.2) is 12.7 Å². The van der Waals surface area contributed by atoms with E-state index in [1.54, 1.807) is 0 Å². The number of aliphatic hydroxyl groups is 2. The Labute approximate surface area is 74.5 Å². The molecule has 0 rings (SSSR count). The van der Waals surface area contributed by atoms with Gasteiger partial charge in [0.1, 0.15) is 0 Å². The summed E-state index contributed by atoms with van der Waals surface area (Å²) >= 11 is 0. The Kier molecular flexibility index (Phi) is 3.24. The van der Waals surface area contributed by atoms with Crippen LogP contribution in [0.2, 0.25) is 0 Å². The van der Waals surface area contributed by atoms with E-state index in [1.165, 1.54) is 0 Å². The SMILES string of the molecule is C=CC(O)(C(O)C(F)(F)F)C(F)(F)F. The van der Waals surface area contributed by atoms with Gasteiger partial charge in [-0.1, -0.05) is 6.58 Å². The second-order valence-corrected chi connectivity index (χ2v) is 2.47. The predicted octanol–water partition coefficient (Wildman–Crippen LogP) is 1.39. The Morgan fingerprint density at radius 3 is 1.50 bits per heavy atom. The van der Waals surface area contributed by atoms with Crippen LogP contribution in [0.25, 0.3) is 0 Å². The molecule has 0 aliphatic rings. The highest BCUT2D eigenvalue weighted by molar-refractivity contribution is 5.08. The molecule has 2 atom stereocenters. The largest absolute Gasteiger partial charge is 0.423 e. The van der Waals surface area contributed by atoms with Crippen molar-refractivity contribution in [1.82, 2.24) is 0 Å². The minimum Gasteiger partial charge on any atom is -0.381 e. The van der Waals surface area contributed by atoms with Gasteiger partial charge in [0.15, 0.2) is 6.10 Å². The van der Waals surface area contributed by atoms with Crippen LogP contribution >= 0.6 is 0 Å². The number of halogens is 6. The number of hydrogen-bond acceptors (Lipinski definition) is 2. The van der Waals surface area contributed by atoms with Gasteiger partial charge >= 0.3 is 12.4 Å². The average Bonchev–Trinajstić information content (AvgIpc) is 1.97. The maximum Gasteiger partial charge on any atom is 0.423 e. The van der Waals surface area contributed by atoms with Gasteiger partial charge in [-0.05, 0) is 6.08 Å². The molecule has 0 saturated heterocycles. The lowest BCUT2D eigenvalue weighted by Gasteiger charge is -2.32. The van der Waals surface area contributed by atoms with Crippen molar-refractivity contribution < 1.29 is 36.6 Å². The Morgan fingerprint density at radius 2 is 1.43 bits per heavy atom. The van der Waals surface area contributed by atoms with Crippen molar-refractivity contribution in [2.75, 3.05) is 0 Å². The lowest BCUT2D eigenvalue weighted by atomic mass is 9.95. The van der Waals surface area contributed by atoms with E-state index in [0.717, 1.165) is 0 Å². The second kappa shape index (κ2) is 3.43. The second-order valence-electron chi connectivity index (χ2n) is 2.47. The Hall–Kier alpha value is -0.760. The van der Waals surface area contributed by atoms with E-state index in [9.17, 15) is 26.3 Å². The van der Waals surface area contributed by atoms with Crippen LogP contribution in [0.5, 0.6) is 0 Å². The zero-order valence-corrected chi connectivity index (χ0v) is 6.52. The lowest BCUT2D eigenvalue weighted by Crippen LogP contribution is -2.58. The van der Waals surface area contributed by atoms with Crippen molar-refractivity contribution in [2.45, 2.75) is 24.1 Å². The lowest BCUT2D eigenvalue weighted by molar-refractivity contribution is -0.323. The molecule has 0 aromatic carbocycles. The highest BCUT2D eigenvalue weighted by Gasteiger charge is 2.64. The van der Waals surface area contributed by atoms with Gasteiger partial charge in [-0.25, -0.2) is 0 Å². The zero-order valence-electron chi connectivity index (χ0n) is 6.52. The topological polar surface area (TPSA) is 40.5 Å². The molecule has 0 aromatic rings. The summed E-state index contributed by atoms with van der Waals surface area (Å²) in [4.78, 5) is 0. The smallest absolute Gasteiger partial charge is 0.381 e.